The molecule has 4 nitrogen and oxygen atoms in total. The van der Waals surface area contributed by atoms with Crippen molar-refractivity contribution in [2.45, 2.75) is 52.7 Å². The summed E-state index contributed by atoms with van der Waals surface area (Å²) in [6, 6.07) is 16.7. The van der Waals surface area contributed by atoms with Crippen LogP contribution >= 0.6 is 0 Å². The zero-order valence-electron chi connectivity index (χ0n) is 16.7. The molecule has 2 heterocycles. The van der Waals surface area contributed by atoms with E-state index in [4.69, 9.17) is 18.9 Å². The molecule has 2 saturated heterocycles. The summed E-state index contributed by atoms with van der Waals surface area (Å²) in [6.07, 6.45) is 0.562. The number of ether oxygens (including phenoxy) is 4. The molecule has 0 radical (unpaired) electrons. The monoisotopic (exact) mass is 386 g/mol. The maximum Gasteiger partial charge on any atom is 0.119 e. The molecule has 4 heteroatoms. The van der Waals surface area contributed by atoms with Crippen molar-refractivity contribution >= 4 is 0 Å². The normalized spacial score (nSPS) is 19.6. The molecule has 154 valence electrons. The summed E-state index contributed by atoms with van der Waals surface area (Å²) in [5.41, 5.74) is 2.42. The van der Waals surface area contributed by atoms with Crippen LogP contribution in [0.2, 0.25) is 0 Å². The summed E-state index contributed by atoms with van der Waals surface area (Å²) in [4.78, 5) is 0. The second kappa shape index (κ2) is 9.94. The Labute approximate surface area is 169 Å². The van der Waals surface area contributed by atoms with Crippen molar-refractivity contribution in [1.29, 1.82) is 0 Å². The predicted molar refractivity (Wildman–Crippen MR) is 114 cm³/mol. The van der Waals surface area contributed by atoms with Crippen molar-refractivity contribution in [3.05, 3.63) is 59.7 Å². The molecule has 0 amide bonds. The van der Waals surface area contributed by atoms with E-state index in [1.54, 1.807) is 0 Å². The minimum Gasteiger partial charge on any atom is -0.491 e. The average Bonchev–Trinajstić information content (AvgIpc) is 3.62. The van der Waals surface area contributed by atoms with Crippen LogP contribution in [0.4, 0.5) is 0 Å². The van der Waals surface area contributed by atoms with Gasteiger partial charge < -0.3 is 18.9 Å². The fourth-order valence-electron chi connectivity index (χ4n) is 2.81. The zero-order chi connectivity index (χ0) is 19.3. The van der Waals surface area contributed by atoms with Crippen LogP contribution in [0.1, 0.15) is 46.2 Å². The maximum absolute atomic E-state index is 5.72. The van der Waals surface area contributed by atoms with Crippen molar-refractivity contribution in [1.82, 2.24) is 0 Å². The number of hydrogen-bond donors (Lipinski definition) is 0. The second-order valence-corrected chi connectivity index (χ2v) is 7.21. The molecule has 2 aliphatic heterocycles. The van der Waals surface area contributed by atoms with Gasteiger partial charge in [0.2, 0.25) is 0 Å². The van der Waals surface area contributed by atoms with E-state index < -0.39 is 0 Å². The summed E-state index contributed by atoms with van der Waals surface area (Å²) < 4.78 is 21.8. The van der Waals surface area contributed by atoms with Crippen LogP contribution in [0.5, 0.6) is 11.5 Å². The third kappa shape index (κ3) is 5.98. The molecule has 0 bridgehead atoms. The standard InChI is InChI=1S/C21H24O4.C2H6.CH4/c1-21(2,15-3-7-17(8-4-15)22-11-19-13-24-19)16-5-9-18(10-6-16)23-12-20-14-25-20;1-2;/h3-10,19-20H,11-14H2,1-2H3;1-2H3;1H4. The summed E-state index contributed by atoms with van der Waals surface area (Å²) in [6.45, 7) is 11.4. The van der Waals surface area contributed by atoms with E-state index in [0.717, 1.165) is 24.7 Å². The van der Waals surface area contributed by atoms with Gasteiger partial charge in [0.05, 0.1) is 13.2 Å². The SMILES string of the molecule is C.CC.CC(C)(c1ccc(OCC2CO2)cc1)c1ccc(OCC2CO2)cc1. The molecule has 28 heavy (non-hydrogen) atoms. The lowest BCUT2D eigenvalue weighted by Gasteiger charge is -2.26. The highest BCUT2D eigenvalue weighted by molar-refractivity contribution is 5.41. The molecule has 2 fully saturated rings. The minimum atomic E-state index is -0.0870. The molecule has 2 atom stereocenters. The first-order valence-electron chi connectivity index (χ1n) is 9.81. The van der Waals surface area contributed by atoms with Crippen molar-refractivity contribution in [3.63, 3.8) is 0 Å². The van der Waals surface area contributed by atoms with Crippen LogP contribution in [-0.2, 0) is 14.9 Å². The van der Waals surface area contributed by atoms with Gasteiger partial charge in [0.15, 0.2) is 0 Å². The lowest BCUT2D eigenvalue weighted by molar-refractivity contribution is 0.263. The first-order valence-corrected chi connectivity index (χ1v) is 9.81. The Morgan fingerprint density at radius 2 is 1.07 bits per heavy atom. The Bertz CT molecular complexity index is 637. The van der Waals surface area contributed by atoms with Gasteiger partial charge in [0.25, 0.3) is 0 Å². The number of rotatable bonds is 8. The number of benzene rings is 2. The molecule has 2 aliphatic rings. The molecule has 0 aromatic heterocycles. The highest BCUT2D eigenvalue weighted by atomic mass is 16.6. The third-order valence-electron chi connectivity index (χ3n) is 4.83. The van der Waals surface area contributed by atoms with Gasteiger partial charge >= 0.3 is 0 Å². The summed E-state index contributed by atoms with van der Waals surface area (Å²) in [5, 5.41) is 0. The third-order valence-corrected chi connectivity index (χ3v) is 4.83. The van der Waals surface area contributed by atoms with Gasteiger partial charge in [-0.25, -0.2) is 0 Å². The van der Waals surface area contributed by atoms with Crippen LogP contribution < -0.4 is 9.47 Å². The quantitative estimate of drug-likeness (QED) is 0.583. The van der Waals surface area contributed by atoms with E-state index >= 15 is 0 Å². The van der Waals surface area contributed by atoms with Gasteiger partial charge in [0, 0.05) is 5.41 Å². The highest BCUT2D eigenvalue weighted by Gasteiger charge is 2.25. The molecule has 2 aromatic carbocycles. The van der Waals surface area contributed by atoms with Gasteiger partial charge in [-0.15, -0.1) is 0 Å². The number of hydrogen-bond acceptors (Lipinski definition) is 4. The number of epoxide rings is 2. The van der Waals surface area contributed by atoms with Gasteiger partial charge in [0.1, 0.15) is 36.9 Å². The smallest absolute Gasteiger partial charge is 0.119 e. The lowest BCUT2D eigenvalue weighted by atomic mass is 9.78. The molecule has 4 rings (SSSR count). The van der Waals surface area contributed by atoms with Gasteiger partial charge in [-0.1, -0.05) is 59.4 Å². The van der Waals surface area contributed by atoms with E-state index in [1.807, 2.05) is 38.1 Å². The minimum absolute atomic E-state index is 0. The van der Waals surface area contributed by atoms with E-state index in [0.29, 0.717) is 13.2 Å². The molecule has 2 unspecified atom stereocenters. The van der Waals surface area contributed by atoms with E-state index in [2.05, 4.69) is 38.1 Å². The Kier molecular flexibility index (Phi) is 7.90. The van der Waals surface area contributed by atoms with Gasteiger partial charge in [-0.2, -0.15) is 0 Å². The van der Waals surface area contributed by atoms with Crippen LogP contribution in [0.15, 0.2) is 48.5 Å². The molecule has 0 saturated carbocycles. The van der Waals surface area contributed by atoms with Crippen molar-refractivity contribution in [3.8, 4) is 11.5 Å². The van der Waals surface area contributed by atoms with Crippen LogP contribution in [-0.4, -0.2) is 38.6 Å². The molecular formula is C24H34O4. The van der Waals surface area contributed by atoms with Crippen LogP contribution in [0, 0.1) is 0 Å². The molecule has 0 aliphatic carbocycles. The topological polar surface area (TPSA) is 43.5 Å². The molecule has 2 aromatic rings. The van der Waals surface area contributed by atoms with Crippen molar-refractivity contribution < 1.29 is 18.9 Å². The largest absolute Gasteiger partial charge is 0.491 e. The van der Waals surface area contributed by atoms with Crippen molar-refractivity contribution in [2.24, 2.45) is 0 Å². The maximum atomic E-state index is 5.72. The fourth-order valence-corrected chi connectivity index (χ4v) is 2.81. The van der Waals surface area contributed by atoms with E-state index in [1.165, 1.54) is 11.1 Å². The van der Waals surface area contributed by atoms with E-state index in [9.17, 15) is 0 Å². The zero-order valence-corrected chi connectivity index (χ0v) is 16.7. The second-order valence-electron chi connectivity index (χ2n) is 7.21. The predicted octanol–water partition coefficient (Wildman–Crippen LogP) is 5.23. The summed E-state index contributed by atoms with van der Waals surface area (Å²) in [7, 11) is 0. The summed E-state index contributed by atoms with van der Waals surface area (Å²) in [5.74, 6) is 1.78. The van der Waals surface area contributed by atoms with Crippen molar-refractivity contribution in [2.75, 3.05) is 26.4 Å². The Morgan fingerprint density at radius 1 is 0.750 bits per heavy atom. The first-order chi connectivity index (χ1) is 13.1. The summed E-state index contributed by atoms with van der Waals surface area (Å²) >= 11 is 0. The fraction of sp³-hybridized carbons (Fsp3) is 0.500. The molecule has 0 spiro atoms. The Balaban J connectivity index is 0.000000906. The molecular weight excluding hydrogens is 352 g/mol. The van der Waals surface area contributed by atoms with E-state index in [-0.39, 0.29) is 25.0 Å². The Morgan fingerprint density at radius 3 is 1.36 bits per heavy atom. The van der Waals surface area contributed by atoms with Crippen LogP contribution in [0.25, 0.3) is 0 Å². The van der Waals surface area contributed by atoms with Crippen LogP contribution in [0.3, 0.4) is 0 Å². The van der Waals surface area contributed by atoms with Gasteiger partial charge in [-0.3, -0.25) is 0 Å². The molecule has 0 N–H and O–H groups in total. The highest BCUT2D eigenvalue weighted by Crippen LogP contribution is 2.33. The first kappa shape index (κ1) is 22.3. The Hall–Kier alpha value is -2.04. The lowest BCUT2D eigenvalue weighted by Crippen LogP contribution is -2.18. The average molecular weight is 387 g/mol. The van der Waals surface area contributed by atoms with Gasteiger partial charge in [-0.05, 0) is 35.4 Å².